The van der Waals surface area contributed by atoms with Crippen molar-refractivity contribution < 1.29 is 23.5 Å². The molecule has 2 amide bonds. The summed E-state index contributed by atoms with van der Waals surface area (Å²) in [6, 6.07) is 11.8. The summed E-state index contributed by atoms with van der Waals surface area (Å²) in [7, 11) is 0. The Morgan fingerprint density at radius 3 is 2.68 bits per heavy atom. The number of nitrogens with zero attached hydrogens (tertiary/aromatic N) is 1. The van der Waals surface area contributed by atoms with E-state index >= 15 is 0 Å². The second kappa shape index (κ2) is 10.5. The van der Waals surface area contributed by atoms with Crippen molar-refractivity contribution in [2.45, 2.75) is 83.3 Å². The third-order valence-corrected chi connectivity index (χ3v) is 7.09. The molecule has 1 heterocycles. The largest absolute Gasteiger partial charge is 0.443 e. The van der Waals surface area contributed by atoms with Crippen LogP contribution in [-0.4, -0.2) is 28.8 Å². The number of carbonyl (C=O) groups excluding carboxylic acids is 3. The van der Waals surface area contributed by atoms with E-state index in [1.807, 2.05) is 24.3 Å². The van der Waals surface area contributed by atoms with Crippen molar-refractivity contribution in [3.8, 4) is 0 Å². The van der Waals surface area contributed by atoms with Gasteiger partial charge >= 0.3 is 6.09 Å². The summed E-state index contributed by atoms with van der Waals surface area (Å²) in [6.45, 7) is 4.17. The average Bonchev–Trinajstić information content (AvgIpc) is 3.33. The third-order valence-electron chi connectivity index (χ3n) is 7.09. The van der Waals surface area contributed by atoms with Crippen molar-refractivity contribution in [2.24, 2.45) is 0 Å². The minimum Gasteiger partial charge on any atom is -0.443 e. The second-order valence-corrected chi connectivity index (χ2v) is 9.29. The van der Waals surface area contributed by atoms with Crippen LogP contribution in [0.25, 0.3) is 0 Å². The molecule has 0 radical (unpaired) electrons. The van der Waals surface area contributed by atoms with Crippen LogP contribution in [0.2, 0.25) is 0 Å². The maximum Gasteiger partial charge on any atom is 0.417 e. The van der Waals surface area contributed by atoms with E-state index < -0.39 is 6.09 Å². The standard InChI is InChI=1S/C28H32FNO4/c1-3-5-9-18(4-2)23-17-20(29)14-15-22(23)24(31)12-8-13-26(32)30-27-21-11-7-6-10-19(21)16-25(27)34-28(30)33/h6-7,10-11,14-15,17-18,25,27H,3-5,8-9,12-13,16H2,1-2H3. The summed E-state index contributed by atoms with van der Waals surface area (Å²) < 4.78 is 19.5. The first-order valence-corrected chi connectivity index (χ1v) is 12.4. The second-order valence-electron chi connectivity index (χ2n) is 9.29. The zero-order valence-corrected chi connectivity index (χ0v) is 19.9. The molecule has 0 aromatic heterocycles. The van der Waals surface area contributed by atoms with Crippen LogP contribution in [0, 0.1) is 5.82 Å². The van der Waals surface area contributed by atoms with Crippen molar-refractivity contribution >= 4 is 17.8 Å². The molecule has 180 valence electrons. The van der Waals surface area contributed by atoms with Crippen LogP contribution >= 0.6 is 0 Å². The fraction of sp³-hybridized carbons (Fsp3) is 0.464. The molecule has 0 N–H and O–H groups in total. The summed E-state index contributed by atoms with van der Waals surface area (Å²) in [4.78, 5) is 39.7. The lowest BCUT2D eigenvalue weighted by atomic mass is 9.86. The van der Waals surface area contributed by atoms with Gasteiger partial charge in [0, 0.05) is 24.8 Å². The molecule has 3 unspecified atom stereocenters. The van der Waals surface area contributed by atoms with Crippen LogP contribution in [-0.2, 0) is 16.0 Å². The van der Waals surface area contributed by atoms with Gasteiger partial charge in [0.2, 0.25) is 5.91 Å². The minimum absolute atomic E-state index is 0.0792. The van der Waals surface area contributed by atoms with Gasteiger partial charge in [-0.2, -0.15) is 0 Å². The van der Waals surface area contributed by atoms with E-state index in [9.17, 15) is 18.8 Å². The molecule has 1 fully saturated rings. The number of halogens is 1. The Kier molecular flexibility index (Phi) is 7.44. The number of rotatable bonds is 10. The van der Waals surface area contributed by atoms with Gasteiger partial charge in [-0.15, -0.1) is 0 Å². The van der Waals surface area contributed by atoms with Gasteiger partial charge in [0.05, 0.1) is 0 Å². The Labute approximate surface area is 200 Å². The summed E-state index contributed by atoms with van der Waals surface area (Å²) in [5.41, 5.74) is 3.36. The molecule has 0 spiro atoms. The Hall–Kier alpha value is -3.02. The van der Waals surface area contributed by atoms with Crippen LogP contribution in [0.15, 0.2) is 42.5 Å². The van der Waals surface area contributed by atoms with Gasteiger partial charge in [0.15, 0.2) is 5.78 Å². The molecule has 4 rings (SSSR count). The number of amides is 2. The highest BCUT2D eigenvalue weighted by Crippen LogP contribution is 2.43. The van der Waals surface area contributed by atoms with Crippen molar-refractivity contribution in [3.05, 3.63) is 70.5 Å². The number of ketones is 1. The number of carbonyl (C=O) groups is 3. The molecule has 34 heavy (non-hydrogen) atoms. The molecule has 1 saturated heterocycles. The quantitative estimate of drug-likeness (QED) is 0.375. The summed E-state index contributed by atoms with van der Waals surface area (Å²) in [5.74, 6) is -0.618. The predicted molar refractivity (Wildman–Crippen MR) is 127 cm³/mol. The number of fused-ring (bicyclic) bond motifs is 3. The monoisotopic (exact) mass is 465 g/mol. The first-order chi connectivity index (χ1) is 16.4. The normalized spacial score (nSPS) is 19.5. The van der Waals surface area contributed by atoms with E-state index in [2.05, 4.69) is 13.8 Å². The highest BCUT2D eigenvalue weighted by molar-refractivity contribution is 5.98. The van der Waals surface area contributed by atoms with Crippen LogP contribution in [0.1, 0.15) is 97.8 Å². The van der Waals surface area contributed by atoms with Crippen molar-refractivity contribution in [3.63, 3.8) is 0 Å². The van der Waals surface area contributed by atoms with Gasteiger partial charge < -0.3 is 4.74 Å². The van der Waals surface area contributed by atoms with E-state index in [0.717, 1.165) is 42.4 Å². The lowest BCUT2D eigenvalue weighted by molar-refractivity contribution is -0.129. The lowest BCUT2D eigenvalue weighted by Crippen LogP contribution is -2.34. The van der Waals surface area contributed by atoms with E-state index in [1.54, 1.807) is 6.07 Å². The summed E-state index contributed by atoms with van der Waals surface area (Å²) in [5, 5.41) is 0. The fourth-order valence-electron chi connectivity index (χ4n) is 5.32. The number of hydrogen-bond donors (Lipinski definition) is 0. The molecule has 0 bridgehead atoms. The average molecular weight is 466 g/mol. The number of unbranched alkanes of at least 4 members (excludes halogenated alkanes) is 1. The van der Waals surface area contributed by atoms with E-state index in [0.29, 0.717) is 18.4 Å². The number of hydrogen-bond acceptors (Lipinski definition) is 4. The van der Waals surface area contributed by atoms with Gasteiger partial charge in [0.1, 0.15) is 18.0 Å². The molecule has 3 atom stereocenters. The number of Topliss-reactive ketones (excluding diaryl/α,β-unsaturated/α-hetero) is 1. The maximum absolute atomic E-state index is 14.0. The molecule has 1 aliphatic heterocycles. The Morgan fingerprint density at radius 2 is 1.91 bits per heavy atom. The smallest absolute Gasteiger partial charge is 0.417 e. The van der Waals surface area contributed by atoms with Gasteiger partial charge in [-0.1, -0.05) is 51.0 Å². The van der Waals surface area contributed by atoms with Crippen LogP contribution in [0.5, 0.6) is 0 Å². The Morgan fingerprint density at radius 1 is 1.12 bits per heavy atom. The topological polar surface area (TPSA) is 63.7 Å². The van der Waals surface area contributed by atoms with Crippen LogP contribution in [0.4, 0.5) is 9.18 Å². The molecular weight excluding hydrogens is 433 g/mol. The highest BCUT2D eigenvalue weighted by atomic mass is 19.1. The minimum atomic E-state index is -0.608. The zero-order chi connectivity index (χ0) is 24.2. The van der Waals surface area contributed by atoms with E-state index in [4.69, 9.17) is 4.74 Å². The van der Waals surface area contributed by atoms with Crippen LogP contribution < -0.4 is 0 Å². The predicted octanol–water partition coefficient (Wildman–Crippen LogP) is 6.51. The summed E-state index contributed by atoms with van der Waals surface area (Å²) in [6.07, 6.45) is 4.05. The maximum atomic E-state index is 14.0. The first-order valence-electron chi connectivity index (χ1n) is 12.4. The zero-order valence-electron chi connectivity index (χ0n) is 19.9. The lowest BCUT2D eigenvalue weighted by Gasteiger charge is -2.20. The third kappa shape index (κ3) is 4.77. The number of imide groups is 1. The Bertz CT molecular complexity index is 1080. The summed E-state index contributed by atoms with van der Waals surface area (Å²) >= 11 is 0. The van der Waals surface area contributed by atoms with Gasteiger partial charge in [-0.3, -0.25) is 9.59 Å². The molecule has 6 heteroatoms. The van der Waals surface area contributed by atoms with Crippen molar-refractivity contribution in [1.82, 2.24) is 4.90 Å². The number of ether oxygens (including phenoxy) is 1. The fourth-order valence-corrected chi connectivity index (χ4v) is 5.32. The van der Waals surface area contributed by atoms with Crippen LogP contribution in [0.3, 0.4) is 0 Å². The first kappa shape index (κ1) is 24.1. The molecular formula is C28H32FNO4. The van der Waals surface area contributed by atoms with E-state index in [1.165, 1.54) is 17.0 Å². The number of benzene rings is 2. The van der Waals surface area contributed by atoms with Crippen molar-refractivity contribution in [1.29, 1.82) is 0 Å². The Balaban J connectivity index is 1.41. The molecule has 2 aromatic carbocycles. The SMILES string of the molecule is CCCCC(CC)c1cc(F)ccc1C(=O)CCCC(=O)N1C(=O)OC2Cc3ccccc3C21. The molecule has 1 aliphatic carbocycles. The van der Waals surface area contributed by atoms with Crippen molar-refractivity contribution in [2.75, 3.05) is 0 Å². The van der Waals surface area contributed by atoms with E-state index in [-0.39, 0.29) is 48.4 Å². The van der Waals surface area contributed by atoms with Gasteiger partial charge in [0.25, 0.3) is 0 Å². The highest BCUT2D eigenvalue weighted by Gasteiger charge is 2.50. The van der Waals surface area contributed by atoms with Gasteiger partial charge in [-0.05, 0) is 60.1 Å². The molecule has 2 aliphatic rings. The van der Waals surface area contributed by atoms with Gasteiger partial charge in [-0.25, -0.2) is 14.1 Å². The molecule has 5 nitrogen and oxygen atoms in total. The molecule has 2 aromatic rings. The molecule has 0 saturated carbocycles.